The minimum absolute atomic E-state index is 0.0702. The normalized spacial score (nSPS) is 11.9. The molecule has 0 fully saturated rings. The summed E-state index contributed by atoms with van der Waals surface area (Å²) in [5.41, 5.74) is 1.90. The fraction of sp³-hybridized carbons (Fsp3) is 0.176. The summed E-state index contributed by atoms with van der Waals surface area (Å²) in [5.74, 6) is -1.68. The third-order valence-corrected chi connectivity index (χ3v) is 11.5. The number of carbonyl (C=O) groups is 1. The highest BCUT2D eigenvalue weighted by Gasteiger charge is 2.38. The van der Waals surface area contributed by atoms with Gasteiger partial charge in [-0.15, -0.1) is 0 Å². The minimum Gasteiger partial charge on any atom is -0.493 e. The Bertz CT molecular complexity index is 2080. The van der Waals surface area contributed by atoms with Gasteiger partial charge in [-0.3, -0.25) is 4.79 Å². The van der Waals surface area contributed by atoms with Gasteiger partial charge in [-0.2, -0.15) is 0 Å². The largest absolute Gasteiger partial charge is 0.493 e. The Labute approximate surface area is 276 Å². The molecule has 0 radical (unpaired) electrons. The maximum absolute atomic E-state index is 14.1. The van der Waals surface area contributed by atoms with Gasteiger partial charge in [-0.05, 0) is 85.1 Å². The van der Waals surface area contributed by atoms with Crippen LogP contribution in [0.2, 0.25) is 0 Å². The van der Waals surface area contributed by atoms with Crippen LogP contribution in [0.4, 0.5) is 8.78 Å². The molecule has 0 unspecified atom stereocenters. The number of ether oxygens (including phenoxy) is 1. The van der Waals surface area contributed by atoms with Crippen LogP contribution in [0.5, 0.6) is 5.75 Å². The van der Waals surface area contributed by atoms with Gasteiger partial charge in [-0.1, -0.05) is 40.1 Å². The van der Waals surface area contributed by atoms with E-state index < -0.39 is 54.0 Å². The van der Waals surface area contributed by atoms with Gasteiger partial charge in [0.25, 0.3) is 20.0 Å². The van der Waals surface area contributed by atoms with Crippen LogP contribution in [0.1, 0.15) is 29.0 Å². The van der Waals surface area contributed by atoms with E-state index in [9.17, 15) is 35.5 Å². The second-order valence-electron chi connectivity index (χ2n) is 10.7. The van der Waals surface area contributed by atoms with Gasteiger partial charge in [0.05, 0.1) is 28.6 Å². The van der Waals surface area contributed by atoms with Gasteiger partial charge < -0.3 is 14.3 Å². The summed E-state index contributed by atoms with van der Waals surface area (Å²) in [6.07, 6.45) is -0.0683. The number of sulfonamides is 2. The van der Waals surface area contributed by atoms with Crippen molar-refractivity contribution < 1.29 is 44.7 Å². The van der Waals surface area contributed by atoms with Crippen molar-refractivity contribution in [1.82, 2.24) is 8.69 Å². The molecule has 1 aromatic heterocycles. The number of benzene rings is 4. The lowest BCUT2D eigenvalue weighted by Gasteiger charge is -2.24. The molecular formula is C34H30F2N2O8S2. The molecule has 0 amide bonds. The van der Waals surface area contributed by atoms with Crippen LogP contribution in [0.3, 0.4) is 0 Å². The van der Waals surface area contributed by atoms with Crippen molar-refractivity contribution in [3.63, 3.8) is 0 Å². The molecule has 0 saturated carbocycles. The Hall–Kier alpha value is -4.92. The van der Waals surface area contributed by atoms with E-state index >= 15 is 0 Å². The molecule has 1 N–H and O–H groups in total. The SMILES string of the molecule is Cc1oc(-c2ccccc2)nc1CCOc1ccc(CCC(=O)O)c(CN(S(=O)(=O)c2cccc(F)c2)S(=O)(=O)c2cccc(F)c2)c1. The van der Waals surface area contributed by atoms with Crippen molar-refractivity contribution in [2.24, 2.45) is 0 Å². The van der Waals surface area contributed by atoms with Crippen molar-refractivity contribution >= 4 is 26.0 Å². The number of carboxylic acid groups (broad SMARTS) is 1. The molecule has 48 heavy (non-hydrogen) atoms. The molecular weight excluding hydrogens is 667 g/mol. The number of aliphatic carboxylic acids is 1. The first-order chi connectivity index (χ1) is 22.8. The van der Waals surface area contributed by atoms with Crippen molar-refractivity contribution in [2.75, 3.05) is 6.61 Å². The highest BCUT2D eigenvalue weighted by Crippen LogP contribution is 2.30. The van der Waals surface area contributed by atoms with Gasteiger partial charge in [0.1, 0.15) is 23.1 Å². The van der Waals surface area contributed by atoms with E-state index in [1.165, 1.54) is 12.1 Å². The molecule has 5 rings (SSSR count). The van der Waals surface area contributed by atoms with E-state index in [2.05, 4.69) is 4.98 Å². The second kappa shape index (κ2) is 14.5. The number of carboxylic acids is 1. The van der Waals surface area contributed by atoms with E-state index in [1.807, 2.05) is 30.3 Å². The molecule has 14 heteroatoms. The first-order valence-electron chi connectivity index (χ1n) is 14.6. The van der Waals surface area contributed by atoms with E-state index in [4.69, 9.17) is 9.15 Å². The molecule has 0 aliphatic rings. The van der Waals surface area contributed by atoms with Crippen LogP contribution in [-0.2, 0) is 44.2 Å². The predicted molar refractivity (Wildman–Crippen MR) is 171 cm³/mol. The summed E-state index contributed by atoms with van der Waals surface area (Å²) >= 11 is 0. The summed E-state index contributed by atoms with van der Waals surface area (Å²) in [4.78, 5) is 14.7. The van der Waals surface area contributed by atoms with Crippen molar-refractivity contribution in [1.29, 1.82) is 0 Å². The Kier molecular flexibility index (Phi) is 10.4. The Morgan fingerprint density at radius 2 is 1.44 bits per heavy atom. The van der Waals surface area contributed by atoms with E-state index in [0.29, 0.717) is 41.5 Å². The van der Waals surface area contributed by atoms with Crippen molar-refractivity contribution in [3.8, 4) is 17.2 Å². The lowest BCUT2D eigenvalue weighted by Crippen LogP contribution is -2.37. The van der Waals surface area contributed by atoms with Crippen LogP contribution in [-0.4, -0.2) is 43.2 Å². The molecule has 0 aliphatic carbocycles. The van der Waals surface area contributed by atoms with Crippen LogP contribution >= 0.6 is 0 Å². The third kappa shape index (κ3) is 7.95. The molecule has 1 heterocycles. The van der Waals surface area contributed by atoms with Gasteiger partial charge >= 0.3 is 5.97 Å². The Morgan fingerprint density at radius 1 is 0.812 bits per heavy atom. The number of halogens is 2. The summed E-state index contributed by atoms with van der Waals surface area (Å²) in [7, 11) is -9.95. The molecule has 10 nitrogen and oxygen atoms in total. The van der Waals surface area contributed by atoms with Gasteiger partial charge in [0, 0.05) is 18.4 Å². The number of oxazole rings is 1. The van der Waals surface area contributed by atoms with Crippen LogP contribution in [0.15, 0.2) is 111 Å². The molecule has 0 aliphatic heterocycles. The van der Waals surface area contributed by atoms with Gasteiger partial charge in [0.2, 0.25) is 5.89 Å². The zero-order valence-electron chi connectivity index (χ0n) is 25.5. The maximum Gasteiger partial charge on any atom is 0.303 e. The van der Waals surface area contributed by atoms with E-state index in [0.717, 1.165) is 42.0 Å². The summed E-state index contributed by atoms with van der Waals surface area (Å²) < 4.78 is 95.6. The number of hydrogen-bond acceptors (Lipinski definition) is 8. The quantitative estimate of drug-likeness (QED) is 0.145. The van der Waals surface area contributed by atoms with Crippen LogP contribution in [0, 0.1) is 18.6 Å². The highest BCUT2D eigenvalue weighted by molar-refractivity contribution is 8.04. The Balaban J connectivity index is 1.48. The standard InChI is InChI=1S/C34H30F2N2O8S2/c1-23-32(37-34(46-23)25-7-3-2-4-8-25)17-18-45-29-15-13-24(14-16-33(39)40)26(19-29)22-38(47(41,42)30-11-5-9-27(35)20-30)48(43,44)31-12-6-10-28(36)21-31/h2-13,15,19-21H,14,16-18,22H2,1H3,(H,39,40). The first kappa shape index (κ1) is 34.4. The third-order valence-electron chi connectivity index (χ3n) is 7.33. The molecule has 4 aromatic carbocycles. The first-order valence-corrected chi connectivity index (χ1v) is 17.5. The van der Waals surface area contributed by atoms with Crippen LogP contribution < -0.4 is 4.74 Å². The average Bonchev–Trinajstić information content (AvgIpc) is 3.43. The topological polar surface area (TPSA) is 144 Å². The Morgan fingerprint density at radius 3 is 2.02 bits per heavy atom. The summed E-state index contributed by atoms with van der Waals surface area (Å²) in [6, 6.07) is 21.5. The average molecular weight is 697 g/mol. The van der Waals surface area contributed by atoms with Gasteiger partial charge in [-0.25, -0.2) is 30.6 Å². The molecule has 0 saturated heterocycles. The van der Waals surface area contributed by atoms with Crippen LogP contribution in [0.25, 0.3) is 11.5 Å². The predicted octanol–water partition coefficient (Wildman–Crippen LogP) is 6.15. The maximum atomic E-state index is 14.1. The number of hydrogen-bond donors (Lipinski definition) is 1. The molecule has 5 aromatic rings. The molecule has 0 spiro atoms. The number of aryl methyl sites for hydroxylation is 2. The number of rotatable bonds is 14. The van der Waals surface area contributed by atoms with Crippen molar-refractivity contribution in [3.05, 3.63) is 131 Å². The summed E-state index contributed by atoms with van der Waals surface area (Å²) in [6.45, 7) is 1.06. The molecule has 0 atom stereocenters. The number of aromatic nitrogens is 1. The number of nitrogens with zero attached hydrogens (tertiary/aromatic N) is 2. The van der Waals surface area contributed by atoms with Crippen molar-refractivity contribution in [2.45, 2.75) is 42.5 Å². The molecule has 250 valence electrons. The lowest BCUT2D eigenvalue weighted by atomic mass is 10.0. The monoisotopic (exact) mass is 696 g/mol. The summed E-state index contributed by atoms with van der Waals surface area (Å²) in [5, 5.41) is 9.32. The fourth-order valence-corrected chi connectivity index (χ4v) is 8.55. The van der Waals surface area contributed by atoms with E-state index in [-0.39, 0.29) is 34.5 Å². The fourth-order valence-electron chi connectivity index (χ4n) is 4.88. The molecule has 0 bridgehead atoms. The smallest absolute Gasteiger partial charge is 0.303 e. The lowest BCUT2D eigenvalue weighted by molar-refractivity contribution is -0.136. The van der Waals surface area contributed by atoms with E-state index in [1.54, 1.807) is 13.0 Å². The minimum atomic E-state index is -4.97. The van der Waals surface area contributed by atoms with Gasteiger partial charge in [0.15, 0.2) is 0 Å². The second-order valence-corrected chi connectivity index (χ2v) is 14.6. The highest BCUT2D eigenvalue weighted by atomic mass is 32.3. The zero-order valence-corrected chi connectivity index (χ0v) is 27.2. The zero-order chi connectivity index (χ0) is 34.5.